The highest BCUT2D eigenvalue weighted by molar-refractivity contribution is 6.32. The molecule has 2 aliphatic rings. The second-order valence-corrected chi connectivity index (χ2v) is 8.47. The maximum Gasteiger partial charge on any atom is 0.251 e. The molecule has 2 N–H and O–H groups in total. The van der Waals surface area contributed by atoms with Crippen molar-refractivity contribution in [1.82, 2.24) is 24.5 Å². The molecule has 1 saturated carbocycles. The Morgan fingerprint density at radius 2 is 2.28 bits per heavy atom. The van der Waals surface area contributed by atoms with E-state index in [2.05, 4.69) is 27.3 Å². The number of hydrogen-bond donors (Lipinski definition) is 2. The van der Waals surface area contributed by atoms with Crippen LogP contribution in [0.3, 0.4) is 0 Å². The predicted octanol–water partition coefficient (Wildman–Crippen LogP) is 2.34. The van der Waals surface area contributed by atoms with Gasteiger partial charge in [-0.1, -0.05) is 24.9 Å². The molecule has 0 spiro atoms. The minimum atomic E-state index is -1.29. The quantitative estimate of drug-likeness (QED) is 0.764. The summed E-state index contributed by atoms with van der Waals surface area (Å²) in [6, 6.07) is -0.517. The number of nitrogens with one attached hydrogen (secondary N) is 1. The van der Waals surface area contributed by atoms with Gasteiger partial charge in [-0.25, -0.2) is 18.9 Å². The van der Waals surface area contributed by atoms with Crippen molar-refractivity contribution >= 4 is 29.0 Å². The highest BCUT2D eigenvalue weighted by Crippen LogP contribution is 2.46. The summed E-state index contributed by atoms with van der Waals surface area (Å²) in [5.41, 5.74) is 0.623. The van der Waals surface area contributed by atoms with Crippen molar-refractivity contribution in [3.63, 3.8) is 0 Å². The smallest absolute Gasteiger partial charge is 0.251 e. The van der Waals surface area contributed by atoms with E-state index in [0.29, 0.717) is 29.6 Å². The van der Waals surface area contributed by atoms with Crippen molar-refractivity contribution in [2.24, 2.45) is 0 Å². The van der Waals surface area contributed by atoms with Crippen LogP contribution >= 0.6 is 11.6 Å². The van der Waals surface area contributed by atoms with Crippen molar-refractivity contribution in [3.05, 3.63) is 17.2 Å². The molecule has 29 heavy (non-hydrogen) atoms. The van der Waals surface area contributed by atoms with E-state index in [-0.39, 0.29) is 12.0 Å². The highest BCUT2D eigenvalue weighted by Gasteiger charge is 2.41. The maximum atomic E-state index is 14.7. The fourth-order valence-corrected chi connectivity index (χ4v) is 4.51. The van der Waals surface area contributed by atoms with Crippen molar-refractivity contribution in [2.75, 3.05) is 18.4 Å². The van der Waals surface area contributed by atoms with Crippen molar-refractivity contribution < 1.29 is 14.3 Å². The second-order valence-electron chi connectivity index (χ2n) is 8.11. The fraction of sp³-hybridized carbons (Fsp3) is 0.684. The molecule has 1 saturated heterocycles. The molecule has 0 unspecified atom stereocenters. The van der Waals surface area contributed by atoms with Crippen LogP contribution in [0, 0.1) is 0 Å². The Labute approximate surface area is 173 Å². The van der Waals surface area contributed by atoms with Crippen LogP contribution in [-0.2, 0) is 10.2 Å². The van der Waals surface area contributed by atoms with Crippen LogP contribution in [0.4, 0.5) is 10.3 Å². The molecular formula is C19H26ClFN6O2. The summed E-state index contributed by atoms with van der Waals surface area (Å²) in [5, 5.41) is 17.4. The van der Waals surface area contributed by atoms with Gasteiger partial charge in [-0.2, -0.15) is 0 Å². The molecule has 0 radical (unpaired) electrons. The molecule has 1 aliphatic heterocycles. The SMILES string of the molecule is CCC1(c2nc(Cl)c3cnc(N[C@H]4CCN(C(=O)[C@@H](C)O)C[C@H]4F)nn23)CCC1. The number of fused-ring (bicyclic) bond motifs is 1. The molecule has 2 fully saturated rings. The topological polar surface area (TPSA) is 95.7 Å². The number of rotatable bonds is 5. The number of aliphatic hydroxyl groups excluding tert-OH is 1. The Balaban J connectivity index is 1.54. The van der Waals surface area contributed by atoms with Gasteiger partial charge in [0.15, 0.2) is 5.15 Å². The van der Waals surface area contributed by atoms with Gasteiger partial charge in [-0.15, -0.1) is 5.10 Å². The number of carbonyl (C=O) groups excluding carboxylic acids is 1. The van der Waals surface area contributed by atoms with Gasteiger partial charge in [-0.05, 0) is 32.6 Å². The zero-order valence-electron chi connectivity index (χ0n) is 16.6. The Kier molecular flexibility index (Phi) is 5.37. The largest absolute Gasteiger partial charge is 0.384 e. The second kappa shape index (κ2) is 7.68. The molecule has 4 rings (SSSR count). The van der Waals surface area contributed by atoms with Gasteiger partial charge in [-0.3, -0.25) is 4.79 Å². The van der Waals surface area contributed by atoms with Crippen LogP contribution in [-0.4, -0.2) is 66.9 Å². The van der Waals surface area contributed by atoms with Crippen LogP contribution in [0.5, 0.6) is 0 Å². The summed E-state index contributed by atoms with van der Waals surface area (Å²) in [5.74, 6) is 0.694. The van der Waals surface area contributed by atoms with E-state index in [1.807, 2.05) is 0 Å². The summed E-state index contributed by atoms with van der Waals surface area (Å²) in [6.45, 7) is 3.84. The first-order chi connectivity index (χ1) is 13.8. The van der Waals surface area contributed by atoms with E-state index >= 15 is 0 Å². The molecule has 8 nitrogen and oxygen atoms in total. The zero-order chi connectivity index (χ0) is 20.8. The van der Waals surface area contributed by atoms with Crippen molar-refractivity contribution in [2.45, 2.75) is 69.7 Å². The normalized spacial score (nSPS) is 24.9. The molecule has 3 atom stereocenters. The van der Waals surface area contributed by atoms with E-state index in [1.54, 1.807) is 10.7 Å². The first kappa shape index (κ1) is 20.3. The number of nitrogens with zero attached hydrogens (tertiary/aromatic N) is 5. The van der Waals surface area contributed by atoms with Gasteiger partial charge in [0.1, 0.15) is 23.6 Å². The number of alkyl halides is 1. The molecular weight excluding hydrogens is 399 g/mol. The van der Waals surface area contributed by atoms with Gasteiger partial charge < -0.3 is 15.3 Å². The molecule has 0 bridgehead atoms. The van der Waals surface area contributed by atoms with E-state index < -0.39 is 24.2 Å². The lowest BCUT2D eigenvalue weighted by atomic mass is 9.66. The number of piperidine rings is 1. The monoisotopic (exact) mass is 424 g/mol. The molecule has 2 aromatic heterocycles. The summed E-state index contributed by atoms with van der Waals surface area (Å²) >= 11 is 6.31. The predicted molar refractivity (Wildman–Crippen MR) is 107 cm³/mol. The number of carbonyl (C=O) groups is 1. The van der Waals surface area contributed by atoms with Crippen molar-refractivity contribution in [1.29, 1.82) is 0 Å². The highest BCUT2D eigenvalue weighted by atomic mass is 35.5. The van der Waals surface area contributed by atoms with Crippen LogP contribution in [0.25, 0.3) is 5.52 Å². The number of aromatic nitrogens is 4. The number of aliphatic hydroxyl groups is 1. The Morgan fingerprint density at radius 1 is 1.52 bits per heavy atom. The molecule has 3 heterocycles. The van der Waals surface area contributed by atoms with Gasteiger partial charge in [0, 0.05) is 12.0 Å². The third-order valence-electron chi connectivity index (χ3n) is 6.33. The minimum absolute atomic E-state index is 0.0169. The first-order valence-electron chi connectivity index (χ1n) is 10.1. The zero-order valence-corrected chi connectivity index (χ0v) is 17.4. The number of imidazole rings is 1. The van der Waals surface area contributed by atoms with Gasteiger partial charge in [0.25, 0.3) is 5.91 Å². The number of likely N-dealkylation sites (tertiary alicyclic amines) is 1. The number of amides is 1. The van der Waals surface area contributed by atoms with E-state index in [9.17, 15) is 14.3 Å². The summed E-state index contributed by atoms with van der Waals surface area (Å²) in [6.07, 6.45) is 3.81. The number of anilines is 1. The fourth-order valence-electron chi connectivity index (χ4n) is 4.30. The molecule has 158 valence electrons. The summed E-state index contributed by atoms with van der Waals surface area (Å²) in [4.78, 5) is 22.1. The van der Waals surface area contributed by atoms with Crippen LogP contribution in [0.2, 0.25) is 5.15 Å². The maximum absolute atomic E-state index is 14.7. The lowest BCUT2D eigenvalue weighted by molar-refractivity contribution is -0.141. The lowest BCUT2D eigenvalue weighted by Gasteiger charge is -2.39. The third-order valence-corrected chi connectivity index (χ3v) is 6.61. The van der Waals surface area contributed by atoms with Crippen LogP contribution in [0.15, 0.2) is 6.20 Å². The van der Waals surface area contributed by atoms with Crippen LogP contribution in [0.1, 0.15) is 51.8 Å². The minimum Gasteiger partial charge on any atom is -0.384 e. The summed E-state index contributed by atoms with van der Waals surface area (Å²) in [7, 11) is 0. The van der Waals surface area contributed by atoms with E-state index in [1.165, 1.54) is 11.8 Å². The third kappa shape index (κ3) is 3.54. The van der Waals surface area contributed by atoms with E-state index in [0.717, 1.165) is 31.5 Å². The average Bonchev–Trinajstić information content (AvgIpc) is 2.99. The summed E-state index contributed by atoms with van der Waals surface area (Å²) < 4.78 is 16.4. The molecule has 10 heteroatoms. The van der Waals surface area contributed by atoms with Gasteiger partial charge >= 0.3 is 0 Å². The number of halogens is 2. The number of hydrogen-bond acceptors (Lipinski definition) is 6. The first-order valence-corrected chi connectivity index (χ1v) is 10.5. The standard InChI is InChI=1S/C19H26ClFN6O2/c1-3-19(6-4-7-19)17-24-15(20)14-9-22-18(25-27(14)17)23-13-5-8-26(10-12(13)21)16(29)11(2)28/h9,11-13,28H,3-8,10H2,1-2H3,(H,23,25)/t11-,12-,13+/m1/s1. The van der Waals surface area contributed by atoms with Gasteiger partial charge in [0.05, 0.1) is 18.8 Å². The van der Waals surface area contributed by atoms with Crippen LogP contribution < -0.4 is 5.32 Å². The molecule has 0 aromatic carbocycles. The average molecular weight is 425 g/mol. The van der Waals surface area contributed by atoms with Crippen molar-refractivity contribution in [3.8, 4) is 0 Å². The molecule has 1 amide bonds. The Morgan fingerprint density at radius 3 is 2.86 bits per heavy atom. The lowest BCUT2D eigenvalue weighted by Crippen LogP contribution is -2.52. The Bertz CT molecular complexity index is 910. The molecule has 1 aliphatic carbocycles. The molecule has 2 aromatic rings. The van der Waals surface area contributed by atoms with Gasteiger partial charge in [0.2, 0.25) is 5.95 Å². The van der Waals surface area contributed by atoms with E-state index in [4.69, 9.17) is 11.6 Å². The Hall–Kier alpha value is -2.00.